The number of aromatic nitrogens is 2. The molecule has 7 heteroatoms. The number of amides is 1. The SMILES string of the molecule is CNC(=O)c1nc(C)c(C)c(N2CC[C@@H](NC(C)C3(OC)CCC3)C2)n1. The lowest BCUT2D eigenvalue weighted by Gasteiger charge is -2.46. The van der Waals surface area contributed by atoms with Gasteiger partial charge in [-0.05, 0) is 46.5 Å². The molecule has 0 radical (unpaired) electrons. The van der Waals surface area contributed by atoms with Crippen molar-refractivity contribution in [2.75, 3.05) is 32.1 Å². The van der Waals surface area contributed by atoms with Crippen LogP contribution in [0.3, 0.4) is 0 Å². The molecule has 1 aromatic heterocycles. The molecule has 26 heavy (non-hydrogen) atoms. The van der Waals surface area contributed by atoms with Gasteiger partial charge in [-0.2, -0.15) is 0 Å². The molecule has 3 rings (SSSR count). The molecule has 1 saturated heterocycles. The molecule has 2 heterocycles. The van der Waals surface area contributed by atoms with E-state index in [1.807, 2.05) is 21.0 Å². The number of anilines is 1. The minimum Gasteiger partial charge on any atom is -0.377 e. The lowest BCUT2D eigenvalue weighted by atomic mass is 9.75. The molecule has 1 unspecified atom stereocenters. The Hall–Kier alpha value is -1.73. The van der Waals surface area contributed by atoms with E-state index in [9.17, 15) is 4.79 Å². The third-order valence-corrected chi connectivity index (χ3v) is 6.16. The van der Waals surface area contributed by atoms with Crippen LogP contribution in [0.5, 0.6) is 0 Å². The second-order valence-electron chi connectivity index (χ2n) is 7.60. The van der Waals surface area contributed by atoms with Crippen molar-refractivity contribution < 1.29 is 9.53 Å². The summed E-state index contributed by atoms with van der Waals surface area (Å²) in [5, 5.41) is 6.37. The largest absolute Gasteiger partial charge is 0.377 e. The van der Waals surface area contributed by atoms with Crippen LogP contribution in [0.4, 0.5) is 5.82 Å². The van der Waals surface area contributed by atoms with Gasteiger partial charge in [0.2, 0.25) is 5.82 Å². The highest BCUT2D eigenvalue weighted by Gasteiger charge is 2.43. The van der Waals surface area contributed by atoms with E-state index < -0.39 is 0 Å². The molecular formula is C19H31N5O2. The van der Waals surface area contributed by atoms with Crippen molar-refractivity contribution in [2.45, 2.75) is 64.1 Å². The van der Waals surface area contributed by atoms with Gasteiger partial charge in [0.1, 0.15) is 5.82 Å². The zero-order chi connectivity index (χ0) is 18.9. The zero-order valence-electron chi connectivity index (χ0n) is 16.6. The molecule has 1 amide bonds. The molecule has 0 spiro atoms. The molecule has 144 valence electrons. The van der Waals surface area contributed by atoms with E-state index >= 15 is 0 Å². The third kappa shape index (κ3) is 3.42. The predicted molar refractivity (Wildman–Crippen MR) is 102 cm³/mol. The number of ether oxygens (including phenoxy) is 1. The molecule has 2 fully saturated rings. The van der Waals surface area contributed by atoms with Gasteiger partial charge in [-0.1, -0.05) is 0 Å². The van der Waals surface area contributed by atoms with Crippen molar-refractivity contribution in [3.8, 4) is 0 Å². The molecule has 1 aliphatic carbocycles. The standard InChI is InChI=1S/C19H31N5O2/c1-12-13(2)21-16(18(25)20-4)23-17(12)24-10-7-15(11-24)22-14(3)19(26-5)8-6-9-19/h14-15,22H,6-11H2,1-5H3,(H,20,25)/t14?,15-/m1/s1. The number of aryl methyl sites for hydroxylation is 1. The van der Waals surface area contributed by atoms with E-state index in [-0.39, 0.29) is 17.3 Å². The Kier molecular flexibility index (Phi) is 5.48. The van der Waals surface area contributed by atoms with E-state index in [4.69, 9.17) is 4.74 Å². The second kappa shape index (κ2) is 7.48. The number of nitrogens with one attached hydrogen (secondary N) is 2. The molecule has 2 aliphatic rings. The summed E-state index contributed by atoms with van der Waals surface area (Å²) in [5.41, 5.74) is 1.89. The monoisotopic (exact) mass is 361 g/mol. The van der Waals surface area contributed by atoms with Gasteiger partial charge < -0.3 is 20.3 Å². The Morgan fingerprint density at radius 1 is 1.35 bits per heavy atom. The zero-order valence-corrected chi connectivity index (χ0v) is 16.6. The third-order valence-electron chi connectivity index (χ3n) is 6.16. The van der Waals surface area contributed by atoms with Crippen molar-refractivity contribution in [3.05, 3.63) is 17.1 Å². The molecule has 1 saturated carbocycles. The maximum atomic E-state index is 12.0. The summed E-state index contributed by atoms with van der Waals surface area (Å²) >= 11 is 0. The normalized spacial score (nSPS) is 22.8. The van der Waals surface area contributed by atoms with E-state index in [1.165, 1.54) is 6.42 Å². The van der Waals surface area contributed by atoms with Crippen LogP contribution in [0.1, 0.15) is 54.5 Å². The van der Waals surface area contributed by atoms with Crippen molar-refractivity contribution in [1.29, 1.82) is 0 Å². The van der Waals surface area contributed by atoms with Gasteiger partial charge in [0.25, 0.3) is 5.91 Å². The molecular weight excluding hydrogens is 330 g/mol. The van der Waals surface area contributed by atoms with Gasteiger partial charge >= 0.3 is 0 Å². The first-order valence-electron chi connectivity index (χ1n) is 9.53. The maximum Gasteiger partial charge on any atom is 0.288 e. The molecule has 1 aliphatic heterocycles. The first kappa shape index (κ1) is 19.0. The lowest BCUT2D eigenvalue weighted by molar-refractivity contribution is -0.0957. The fourth-order valence-electron chi connectivity index (χ4n) is 4.07. The van der Waals surface area contributed by atoms with Crippen molar-refractivity contribution in [3.63, 3.8) is 0 Å². The summed E-state index contributed by atoms with van der Waals surface area (Å²) in [5.74, 6) is 0.866. The summed E-state index contributed by atoms with van der Waals surface area (Å²) in [4.78, 5) is 23.1. The van der Waals surface area contributed by atoms with Gasteiger partial charge in [0.05, 0.1) is 5.60 Å². The Morgan fingerprint density at radius 3 is 2.65 bits per heavy atom. The highest BCUT2D eigenvalue weighted by Crippen LogP contribution is 2.38. The fourth-order valence-corrected chi connectivity index (χ4v) is 4.07. The van der Waals surface area contributed by atoms with Gasteiger partial charge in [0, 0.05) is 50.6 Å². The number of carbonyl (C=O) groups excluding carboxylic acids is 1. The van der Waals surface area contributed by atoms with Crippen LogP contribution in [0.15, 0.2) is 0 Å². The minimum atomic E-state index is -0.246. The highest BCUT2D eigenvalue weighted by atomic mass is 16.5. The van der Waals surface area contributed by atoms with Crippen LogP contribution >= 0.6 is 0 Å². The fraction of sp³-hybridized carbons (Fsp3) is 0.737. The van der Waals surface area contributed by atoms with Crippen LogP contribution in [0.25, 0.3) is 0 Å². The molecule has 0 bridgehead atoms. The van der Waals surface area contributed by atoms with Crippen LogP contribution in [0.2, 0.25) is 0 Å². The second-order valence-corrected chi connectivity index (χ2v) is 7.60. The topological polar surface area (TPSA) is 79.4 Å². The van der Waals surface area contributed by atoms with Crippen LogP contribution < -0.4 is 15.5 Å². The van der Waals surface area contributed by atoms with Crippen molar-refractivity contribution in [2.24, 2.45) is 0 Å². The summed E-state index contributed by atoms with van der Waals surface area (Å²) in [6, 6.07) is 0.733. The molecule has 2 atom stereocenters. The summed E-state index contributed by atoms with van der Waals surface area (Å²) in [6.45, 7) is 7.99. The van der Waals surface area contributed by atoms with Gasteiger partial charge in [0.15, 0.2) is 0 Å². The minimum absolute atomic E-state index is 0.00122. The Bertz CT molecular complexity index is 669. The Morgan fingerprint density at radius 2 is 2.08 bits per heavy atom. The highest BCUT2D eigenvalue weighted by molar-refractivity contribution is 5.90. The first-order chi connectivity index (χ1) is 12.4. The van der Waals surface area contributed by atoms with Crippen LogP contribution in [0, 0.1) is 13.8 Å². The molecule has 7 nitrogen and oxygen atoms in total. The Balaban J connectivity index is 1.70. The van der Waals surface area contributed by atoms with Crippen molar-refractivity contribution in [1.82, 2.24) is 20.6 Å². The average molecular weight is 361 g/mol. The number of rotatable bonds is 6. The first-order valence-corrected chi connectivity index (χ1v) is 9.53. The van der Waals surface area contributed by atoms with E-state index in [2.05, 4.69) is 32.4 Å². The van der Waals surface area contributed by atoms with Crippen LogP contribution in [-0.4, -0.2) is 60.8 Å². The number of hydrogen-bond donors (Lipinski definition) is 2. The quantitative estimate of drug-likeness (QED) is 0.801. The number of carbonyl (C=O) groups is 1. The predicted octanol–water partition coefficient (Wildman–Crippen LogP) is 1.58. The number of nitrogens with zero attached hydrogens (tertiary/aromatic N) is 3. The maximum absolute atomic E-state index is 12.0. The summed E-state index contributed by atoms with van der Waals surface area (Å²) < 4.78 is 5.81. The smallest absolute Gasteiger partial charge is 0.288 e. The number of methoxy groups -OCH3 is 1. The summed E-state index contributed by atoms with van der Waals surface area (Å²) in [7, 11) is 3.43. The van der Waals surface area contributed by atoms with Gasteiger partial charge in [-0.25, -0.2) is 9.97 Å². The number of hydrogen-bond acceptors (Lipinski definition) is 6. The van der Waals surface area contributed by atoms with Gasteiger partial charge in [-0.15, -0.1) is 0 Å². The average Bonchev–Trinajstić information content (AvgIpc) is 3.04. The molecule has 1 aromatic rings. The van der Waals surface area contributed by atoms with E-state index in [1.54, 1.807) is 7.05 Å². The van der Waals surface area contributed by atoms with E-state index in [0.717, 1.165) is 49.4 Å². The van der Waals surface area contributed by atoms with E-state index in [0.29, 0.717) is 12.1 Å². The lowest BCUT2D eigenvalue weighted by Crippen LogP contribution is -2.57. The van der Waals surface area contributed by atoms with Gasteiger partial charge in [-0.3, -0.25) is 4.79 Å². The molecule has 0 aromatic carbocycles. The summed E-state index contributed by atoms with van der Waals surface area (Å²) in [6.07, 6.45) is 4.57. The molecule has 2 N–H and O–H groups in total. The Labute approximate surface area is 155 Å². The van der Waals surface area contributed by atoms with Crippen LogP contribution in [-0.2, 0) is 4.74 Å². The van der Waals surface area contributed by atoms with Crippen molar-refractivity contribution >= 4 is 11.7 Å².